The van der Waals surface area contributed by atoms with Gasteiger partial charge in [-0.3, -0.25) is 4.79 Å². The minimum atomic E-state index is 0.450. The molecule has 0 unspecified atom stereocenters. The first kappa shape index (κ1) is 10.4. The summed E-state index contributed by atoms with van der Waals surface area (Å²) in [6, 6.07) is 3.64. The molecule has 0 saturated heterocycles. The van der Waals surface area contributed by atoms with Crippen LogP contribution in [0.1, 0.15) is 9.67 Å². The van der Waals surface area contributed by atoms with Crippen LogP contribution in [0.4, 0.5) is 5.69 Å². The second-order valence-corrected chi connectivity index (χ2v) is 4.79. The Morgan fingerprint density at radius 3 is 2.80 bits per heavy atom. The Morgan fingerprint density at radius 2 is 2.20 bits per heavy atom. The maximum atomic E-state index is 10.7. The van der Waals surface area contributed by atoms with E-state index in [1.807, 2.05) is 25.1 Å². The van der Waals surface area contributed by atoms with E-state index in [2.05, 4.69) is 4.98 Å². The van der Waals surface area contributed by atoms with Crippen LogP contribution in [0.25, 0.3) is 10.2 Å². The number of anilines is 1. The van der Waals surface area contributed by atoms with Crippen molar-refractivity contribution in [2.45, 2.75) is 0 Å². The Balaban J connectivity index is 2.77. The van der Waals surface area contributed by atoms with E-state index < -0.39 is 0 Å². The largest absolute Gasteiger partial charge is 0.377 e. The van der Waals surface area contributed by atoms with Gasteiger partial charge in [-0.05, 0) is 12.1 Å². The fourth-order valence-corrected chi connectivity index (χ4v) is 2.52. The Hall–Kier alpha value is -1.13. The summed E-state index contributed by atoms with van der Waals surface area (Å²) in [7, 11) is 3.87. The number of thiophene rings is 1. The SMILES string of the molecule is CN(C)c1cc(Cl)nc2sc(C=O)cc12. The van der Waals surface area contributed by atoms with E-state index in [4.69, 9.17) is 11.6 Å². The summed E-state index contributed by atoms with van der Waals surface area (Å²) >= 11 is 7.25. The van der Waals surface area contributed by atoms with Gasteiger partial charge in [-0.1, -0.05) is 11.6 Å². The molecule has 0 atom stereocenters. The van der Waals surface area contributed by atoms with Crippen molar-refractivity contribution in [1.29, 1.82) is 0 Å². The Bertz CT molecular complexity index is 521. The standard InChI is InChI=1S/C10H9ClN2OS/c1-13(2)8-4-9(11)12-10-7(8)3-6(5-14)15-10/h3-5H,1-2H3. The molecule has 0 aliphatic rings. The third kappa shape index (κ3) is 1.82. The number of carbonyl (C=O) groups excluding carboxylic acids is 1. The van der Waals surface area contributed by atoms with Crippen LogP contribution in [0, 0.1) is 0 Å². The summed E-state index contributed by atoms with van der Waals surface area (Å²) in [6.07, 6.45) is 0.833. The first-order valence-electron chi connectivity index (χ1n) is 4.34. The summed E-state index contributed by atoms with van der Waals surface area (Å²) < 4.78 is 0. The molecular weight excluding hydrogens is 232 g/mol. The zero-order valence-corrected chi connectivity index (χ0v) is 9.89. The number of carbonyl (C=O) groups is 1. The van der Waals surface area contributed by atoms with Crippen molar-refractivity contribution in [3.8, 4) is 0 Å². The number of halogens is 1. The second-order valence-electron chi connectivity index (χ2n) is 3.34. The average Bonchev–Trinajstić information content (AvgIpc) is 2.58. The molecule has 0 aliphatic heterocycles. The maximum absolute atomic E-state index is 10.7. The molecule has 0 bridgehead atoms. The van der Waals surface area contributed by atoms with Crippen LogP contribution in [0.15, 0.2) is 12.1 Å². The van der Waals surface area contributed by atoms with Gasteiger partial charge in [-0.25, -0.2) is 4.98 Å². The highest BCUT2D eigenvalue weighted by Crippen LogP contribution is 2.32. The molecular formula is C10H9ClN2OS. The molecule has 0 spiro atoms. The van der Waals surface area contributed by atoms with Crippen LogP contribution >= 0.6 is 22.9 Å². The van der Waals surface area contributed by atoms with Crippen molar-refractivity contribution >= 4 is 45.1 Å². The molecule has 78 valence electrons. The molecule has 2 heterocycles. The molecule has 2 aromatic heterocycles. The predicted octanol–water partition coefficient (Wildman–Crippen LogP) is 2.83. The van der Waals surface area contributed by atoms with Gasteiger partial charge in [-0.15, -0.1) is 11.3 Å². The van der Waals surface area contributed by atoms with Crippen LogP contribution in [0.2, 0.25) is 5.15 Å². The van der Waals surface area contributed by atoms with Gasteiger partial charge in [0.05, 0.1) is 4.88 Å². The van der Waals surface area contributed by atoms with E-state index in [0.29, 0.717) is 10.0 Å². The molecule has 0 aromatic carbocycles. The van der Waals surface area contributed by atoms with Gasteiger partial charge >= 0.3 is 0 Å². The van der Waals surface area contributed by atoms with E-state index in [1.54, 1.807) is 6.07 Å². The quantitative estimate of drug-likeness (QED) is 0.598. The van der Waals surface area contributed by atoms with Gasteiger partial charge in [-0.2, -0.15) is 0 Å². The van der Waals surface area contributed by atoms with Gasteiger partial charge in [0, 0.05) is 25.2 Å². The minimum absolute atomic E-state index is 0.450. The van der Waals surface area contributed by atoms with Crippen LogP contribution in [-0.2, 0) is 0 Å². The van der Waals surface area contributed by atoms with Gasteiger partial charge < -0.3 is 4.90 Å². The van der Waals surface area contributed by atoms with Crippen molar-refractivity contribution in [2.24, 2.45) is 0 Å². The van der Waals surface area contributed by atoms with Crippen LogP contribution < -0.4 is 4.90 Å². The Kier molecular flexibility index (Phi) is 2.63. The summed E-state index contributed by atoms with van der Waals surface area (Å²) in [4.78, 5) is 18.3. The van der Waals surface area contributed by atoms with E-state index in [9.17, 15) is 4.79 Å². The van der Waals surface area contributed by atoms with Crippen molar-refractivity contribution in [3.63, 3.8) is 0 Å². The van der Waals surface area contributed by atoms with E-state index >= 15 is 0 Å². The number of hydrogen-bond donors (Lipinski definition) is 0. The van der Waals surface area contributed by atoms with Crippen LogP contribution in [0.5, 0.6) is 0 Å². The summed E-state index contributed by atoms with van der Waals surface area (Å²) in [5.74, 6) is 0. The van der Waals surface area contributed by atoms with Crippen molar-refractivity contribution in [2.75, 3.05) is 19.0 Å². The topological polar surface area (TPSA) is 33.2 Å². The van der Waals surface area contributed by atoms with Gasteiger partial charge in [0.25, 0.3) is 0 Å². The van der Waals surface area contributed by atoms with Gasteiger partial charge in [0.15, 0.2) is 6.29 Å². The zero-order chi connectivity index (χ0) is 11.0. The molecule has 2 rings (SSSR count). The average molecular weight is 241 g/mol. The summed E-state index contributed by atoms with van der Waals surface area (Å²) in [5, 5.41) is 1.42. The number of nitrogens with zero attached hydrogens (tertiary/aromatic N) is 2. The van der Waals surface area contributed by atoms with E-state index in [0.717, 1.165) is 22.2 Å². The van der Waals surface area contributed by atoms with Crippen molar-refractivity contribution in [1.82, 2.24) is 4.98 Å². The third-order valence-corrected chi connectivity index (χ3v) is 3.22. The molecule has 15 heavy (non-hydrogen) atoms. The highest BCUT2D eigenvalue weighted by molar-refractivity contribution is 7.20. The Labute approximate surface area is 96.3 Å². The Morgan fingerprint density at radius 1 is 1.47 bits per heavy atom. The monoisotopic (exact) mass is 240 g/mol. The molecule has 0 radical (unpaired) electrons. The third-order valence-electron chi connectivity index (χ3n) is 2.07. The van der Waals surface area contributed by atoms with Crippen LogP contribution in [0.3, 0.4) is 0 Å². The normalized spacial score (nSPS) is 10.6. The minimum Gasteiger partial charge on any atom is -0.377 e. The van der Waals surface area contributed by atoms with Crippen LogP contribution in [-0.4, -0.2) is 25.4 Å². The highest BCUT2D eigenvalue weighted by Gasteiger charge is 2.10. The lowest BCUT2D eigenvalue weighted by molar-refractivity contribution is 0.112. The van der Waals surface area contributed by atoms with Gasteiger partial charge in [0.2, 0.25) is 0 Å². The van der Waals surface area contributed by atoms with Gasteiger partial charge in [0.1, 0.15) is 9.98 Å². The fraction of sp³-hybridized carbons (Fsp3) is 0.200. The first-order chi connectivity index (χ1) is 7.11. The smallest absolute Gasteiger partial charge is 0.160 e. The first-order valence-corrected chi connectivity index (χ1v) is 5.54. The van der Waals surface area contributed by atoms with Crippen molar-refractivity contribution in [3.05, 3.63) is 22.2 Å². The number of fused-ring (bicyclic) bond motifs is 1. The molecule has 0 N–H and O–H groups in total. The molecule has 3 nitrogen and oxygen atoms in total. The highest BCUT2D eigenvalue weighted by atomic mass is 35.5. The molecule has 0 amide bonds. The molecule has 5 heteroatoms. The predicted molar refractivity (Wildman–Crippen MR) is 64.3 cm³/mol. The van der Waals surface area contributed by atoms with Crippen molar-refractivity contribution < 1.29 is 4.79 Å². The number of hydrogen-bond acceptors (Lipinski definition) is 4. The fourth-order valence-electron chi connectivity index (χ4n) is 1.41. The summed E-state index contributed by atoms with van der Waals surface area (Å²) in [5.41, 5.74) is 0.981. The molecule has 0 fully saturated rings. The molecule has 0 saturated carbocycles. The number of aldehydes is 1. The lowest BCUT2D eigenvalue weighted by Gasteiger charge is -2.13. The summed E-state index contributed by atoms with van der Waals surface area (Å²) in [6.45, 7) is 0. The maximum Gasteiger partial charge on any atom is 0.160 e. The van der Waals surface area contributed by atoms with E-state index in [1.165, 1.54) is 11.3 Å². The molecule has 2 aromatic rings. The number of aromatic nitrogens is 1. The second kappa shape index (κ2) is 3.79. The number of rotatable bonds is 2. The lowest BCUT2D eigenvalue weighted by Crippen LogP contribution is -2.08. The number of pyridine rings is 1. The van der Waals surface area contributed by atoms with E-state index in [-0.39, 0.29) is 0 Å². The lowest BCUT2D eigenvalue weighted by atomic mass is 10.2. The molecule has 0 aliphatic carbocycles. The zero-order valence-electron chi connectivity index (χ0n) is 8.32.